The van der Waals surface area contributed by atoms with E-state index in [-0.39, 0.29) is 11.5 Å². The third-order valence-electron chi connectivity index (χ3n) is 4.61. The summed E-state index contributed by atoms with van der Waals surface area (Å²) in [6, 6.07) is 4.09. The second-order valence-corrected chi connectivity index (χ2v) is 6.54. The van der Waals surface area contributed by atoms with Crippen LogP contribution in [0.4, 0.5) is 0 Å². The van der Waals surface area contributed by atoms with Crippen molar-refractivity contribution in [3.05, 3.63) is 34.6 Å². The van der Waals surface area contributed by atoms with Crippen LogP contribution in [0.3, 0.4) is 0 Å². The topological polar surface area (TPSA) is 51.5 Å². The van der Waals surface area contributed by atoms with Gasteiger partial charge in [-0.15, -0.1) is 0 Å². The van der Waals surface area contributed by atoms with Crippen LogP contribution in [0, 0.1) is 20.8 Å². The quantitative estimate of drug-likeness (QED) is 0.941. The van der Waals surface area contributed by atoms with Crippen LogP contribution in [0.15, 0.2) is 16.5 Å². The molecule has 0 saturated carbocycles. The lowest BCUT2D eigenvalue weighted by molar-refractivity contribution is 0.0203. The maximum Gasteiger partial charge on any atom is 0.287 e. The van der Waals surface area contributed by atoms with Gasteiger partial charge in [0.2, 0.25) is 0 Å². The molecule has 1 fully saturated rings. The Hall–Kier alpha value is -1.81. The molecule has 1 saturated heterocycles. The Morgan fingerprint density at radius 1 is 1.27 bits per heavy atom. The lowest BCUT2D eigenvalue weighted by atomic mass is 10.0. The number of nitrogens with one attached hydrogen (secondary N) is 1. The molecule has 1 aliphatic rings. The fourth-order valence-corrected chi connectivity index (χ4v) is 3.22. The average molecular weight is 301 g/mol. The van der Waals surface area contributed by atoms with Gasteiger partial charge in [-0.25, -0.2) is 0 Å². The normalized spacial score (nSPS) is 21.5. The van der Waals surface area contributed by atoms with Crippen molar-refractivity contribution in [2.45, 2.75) is 46.1 Å². The molecule has 2 heterocycles. The van der Waals surface area contributed by atoms with Gasteiger partial charge in [0.1, 0.15) is 5.58 Å². The minimum Gasteiger partial charge on any atom is -0.450 e. The van der Waals surface area contributed by atoms with E-state index in [1.165, 1.54) is 0 Å². The van der Waals surface area contributed by atoms with E-state index in [9.17, 15) is 4.79 Å². The van der Waals surface area contributed by atoms with E-state index >= 15 is 0 Å². The van der Waals surface area contributed by atoms with Crippen LogP contribution >= 0.6 is 0 Å². The Morgan fingerprint density at radius 2 is 2.00 bits per heavy atom. The third-order valence-corrected chi connectivity index (χ3v) is 4.61. The molecule has 118 valence electrons. The Kier molecular flexibility index (Phi) is 3.73. The smallest absolute Gasteiger partial charge is 0.287 e. The Morgan fingerprint density at radius 3 is 2.64 bits per heavy atom. The lowest BCUT2D eigenvalue weighted by Crippen LogP contribution is -2.40. The standard InChI is InChI=1S/C18H23NO3/c1-11-6-7-12(2)15-14(11)13(3)16(22-15)17(20)19-10-18(4)8-5-9-21-18/h6-7H,5,8-10H2,1-4H3,(H,19,20). The van der Waals surface area contributed by atoms with Gasteiger partial charge in [0.15, 0.2) is 5.76 Å². The van der Waals surface area contributed by atoms with Gasteiger partial charge < -0.3 is 14.5 Å². The Labute approximate surface area is 130 Å². The molecule has 0 bridgehead atoms. The number of ether oxygens (including phenoxy) is 1. The van der Waals surface area contributed by atoms with Crippen LogP contribution in [0.5, 0.6) is 0 Å². The number of fused-ring (bicyclic) bond motifs is 1. The van der Waals surface area contributed by atoms with Crippen molar-refractivity contribution >= 4 is 16.9 Å². The van der Waals surface area contributed by atoms with E-state index in [1.54, 1.807) is 0 Å². The number of hydrogen-bond donors (Lipinski definition) is 1. The highest BCUT2D eigenvalue weighted by Crippen LogP contribution is 2.31. The number of carbonyl (C=O) groups is 1. The van der Waals surface area contributed by atoms with Crippen molar-refractivity contribution in [1.29, 1.82) is 0 Å². The molecule has 4 nitrogen and oxygen atoms in total. The summed E-state index contributed by atoms with van der Waals surface area (Å²) in [7, 11) is 0. The van der Waals surface area contributed by atoms with Crippen LogP contribution in [0.25, 0.3) is 11.0 Å². The monoisotopic (exact) mass is 301 g/mol. The van der Waals surface area contributed by atoms with Crippen molar-refractivity contribution in [2.75, 3.05) is 13.2 Å². The van der Waals surface area contributed by atoms with Crippen molar-refractivity contribution in [1.82, 2.24) is 5.32 Å². The van der Waals surface area contributed by atoms with Crippen LogP contribution in [0.2, 0.25) is 0 Å². The summed E-state index contributed by atoms with van der Waals surface area (Å²) >= 11 is 0. The first kappa shape index (κ1) is 15.1. The zero-order valence-corrected chi connectivity index (χ0v) is 13.7. The highest BCUT2D eigenvalue weighted by Gasteiger charge is 2.31. The minimum atomic E-state index is -0.249. The average Bonchev–Trinajstić information content (AvgIpc) is 3.06. The summed E-state index contributed by atoms with van der Waals surface area (Å²) in [4.78, 5) is 12.5. The van der Waals surface area contributed by atoms with Gasteiger partial charge in [-0.05, 0) is 51.7 Å². The summed E-state index contributed by atoms with van der Waals surface area (Å²) in [6.45, 7) is 9.31. The van der Waals surface area contributed by atoms with Gasteiger partial charge in [0, 0.05) is 24.1 Å². The molecule has 0 radical (unpaired) electrons. The van der Waals surface area contributed by atoms with E-state index in [1.807, 2.05) is 33.8 Å². The summed E-state index contributed by atoms with van der Waals surface area (Å²) in [6.07, 6.45) is 2.03. The zero-order chi connectivity index (χ0) is 15.9. The van der Waals surface area contributed by atoms with Crippen LogP contribution in [-0.2, 0) is 4.74 Å². The molecule has 0 aliphatic carbocycles. The summed E-state index contributed by atoms with van der Waals surface area (Å²) in [5.41, 5.74) is 3.65. The minimum absolute atomic E-state index is 0.163. The van der Waals surface area contributed by atoms with Crippen molar-refractivity contribution in [3.63, 3.8) is 0 Å². The van der Waals surface area contributed by atoms with Crippen molar-refractivity contribution < 1.29 is 13.9 Å². The first-order valence-corrected chi connectivity index (χ1v) is 7.83. The molecule has 1 unspecified atom stereocenters. The molecule has 1 aromatic heterocycles. The Balaban J connectivity index is 1.87. The first-order chi connectivity index (χ1) is 10.4. The van der Waals surface area contributed by atoms with Crippen LogP contribution in [-0.4, -0.2) is 24.7 Å². The van der Waals surface area contributed by atoms with Crippen molar-refractivity contribution in [2.24, 2.45) is 0 Å². The van der Waals surface area contributed by atoms with Crippen LogP contribution < -0.4 is 5.32 Å². The molecule has 0 spiro atoms. The van der Waals surface area contributed by atoms with E-state index in [0.29, 0.717) is 12.3 Å². The van der Waals surface area contributed by atoms with E-state index in [2.05, 4.69) is 11.4 Å². The zero-order valence-electron chi connectivity index (χ0n) is 13.7. The molecule has 4 heteroatoms. The first-order valence-electron chi connectivity index (χ1n) is 7.83. The number of carbonyl (C=O) groups excluding carboxylic acids is 1. The maximum atomic E-state index is 12.5. The summed E-state index contributed by atoms with van der Waals surface area (Å²) in [5, 5.41) is 4.01. The highest BCUT2D eigenvalue weighted by atomic mass is 16.5. The van der Waals surface area contributed by atoms with E-state index < -0.39 is 0 Å². The lowest BCUT2D eigenvalue weighted by Gasteiger charge is -2.23. The molecular weight excluding hydrogens is 278 g/mol. The number of amides is 1. The summed E-state index contributed by atoms with van der Waals surface area (Å²) < 4.78 is 11.6. The molecular formula is C18H23NO3. The van der Waals surface area contributed by atoms with E-state index in [0.717, 1.165) is 47.1 Å². The van der Waals surface area contributed by atoms with Gasteiger partial charge in [0.25, 0.3) is 5.91 Å². The summed E-state index contributed by atoms with van der Waals surface area (Å²) in [5.74, 6) is 0.248. The van der Waals surface area contributed by atoms with Gasteiger partial charge >= 0.3 is 0 Å². The van der Waals surface area contributed by atoms with E-state index in [4.69, 9.17) is 9.15 Å². The highest BCUT2D eigenvalue weighted by molar-refractivity contribution is 6.00. The second kappa shape index (κ2) is 5.43. The predicted octanol–water partition coefficient (Wildman–Crippen LogP) is 3.66. The third kappa shape index (κ3) is 2.52. The molecule has 1 atom stereocenters. The van der Waals surface area contributed by atoms with Gasteiger partial charge in [-0.3, -0.25) is 4.79 Å². The van der Waals surface area contributed by atoms with Crippen LogP contribution in [0.1, 0.15) is 47.0 Å². The fourth-order valence-electron chi connectivity index (χ4n) is 3.22. The van der Waals surface area contributed by atoms with Gasteiger partial charge in [-0.2, -0.15) is 0 Å². The number of benzene rings is 1. The molecule has 1 aliphatic heterocycles. The number of furan rings is 1. The molecule has 2 aromatic rings. The number of hydrogen-bond acceptors (Lipinski definition) is 3. The fraction of sp³-hybridized carbons (Fsp3) is 0.500. The Bertz CT molecular complexity index is 723. The van der Waals surface area contributed by atoms with Gasteiger partial charge in [0.05, 0.1) is 5.60 Å². The maximum absolute atomic E-state index is 12.5. The predicted molar refractivity (Wildman–Crippen MR) is 86.3 cm³/mol. The molecule has 3 rings (SSSR count). The molecule has 1 aromatic carbocycles. The molecule has 22 heavy (non-hydrogen) atoms. The largest absolute Gasteiger partial charge is 0.450 e. The second-order valence-electron chi connectivity index (χ2n) is 6.54. The number of aryl methyl sites for hydroxylation is 3. The van der Waals surface area contributed by atoms with Gasteiger partial charge in [-0.1, -0.05) is 12.1 Å². The SMILES string of the molecule is Cc1ccc(C)c2c(C)c(C(=O)NCC3(C)CCCO3)oc12. The molecule has 1 amide bonds. The van der Waals surface area contributed by atoms with Crippen molar-refractivity contribution in [3.8, 4) is 0 Å². The molecule has 1 N–H and O–H groups in total. The number of rotatable bonds is 3.